The maximum Gasteiger partial charge on any atom is 0.410 e. The van der Waals surface area contributed by atoms with Gasteiger partial charge >= 0.3 is 6.09 Å². The van der Waals surface area contributed by atoms with Crippen LogP contribution in [0.3, 0.4) is 0 Å². The number of aldehydes is 1. The Labute approximate surface area is 122 Å². The largest absolute Gasteiger partial charge is 0.444 e. The van der Waals surface area contributed by atoms with Crippen molar-refractivity contribution >= 4 is 12.4 Å². The van der Waals surface area contributed by atoms with Crippen molar-refractivity contribution in [2.24, 2.45) is 5.92 Å². The number of ether oxygens (including phenoxy) is 1. The van der Waals surface area contributed by atoms with E-state index in [1.54, 1.807) is 11.9 Å². The second-order valence-electron chi connectivity index (χ2n) is 6.57. The summed E-state index contributed by atoms with van der Waals surface area (Å²) >= 11 is 0. The number of rotatable bonds is 5. The molecule has 1 amide bonds. The smallest absolute Gasteiger partial charge is 0.410 e. The third kappa shape index (κ3) is 6.37. The Balaban J connectivity index is 2.17. The van der Waals surface area contributed by atoms with Crippen molar-refractivity contribution in [1.29, 1.82) is 0 Å². The van der Waals surface area contributed by atoms with E-state index in [0.717, 1.165) is 45.2 Å². The minimum atomic E-state index is -0.442. The minimum Gasteiger partial charge on any atom is -0.444 e. The molecular weight excluding hydrogens is 256 g/mol. The van der Waals surface area contributed by atoms with Crippen LogP contribution in [0.1, 0.15) is 40.0 Å². The van der Waals surface area contributed by atoms with Gasteiger partial charge in [-0.2, -0.15) is 0 Å². The van der Waals surface area contributed by atoms with Gasteiger partial charge < -0.3 is 19.3 Å². The molecule has 1 aliphatic rings. The van der Waals surface area contributed by atoms with Crippen LogP contribution in [0.15, 0.2) is 0 Å². The van der Waals surface area contributed by atoms with Crippen LogP contribution in [0.2, 0.25) is 0 Å². The van der Waals surface area contributed by atoms with E-state index < -0.39 is 5.60 Å². The van der Waals surface area contributed by atoms with Gasteiger partial charge in [-0.25, -0.2) is 4.79 Å². The van der Waals surface area contributed by atoms with E-state index in [1.165, 1.54) is 0 Å². The highest BCUT2D eigenvalue weighted by molar-refractivity contribution is 5.67. The molecule has 5 heteroatoms. The van der Waals surface area contributed by atoms with Gasteiger partial charge in [0.2, 0.25) is 0 Å². The predicted molar refractivity (Wildman–Crippen MR) is 78.7 cm³/mol. The quantitative estimate of drug-likeness (QED) is 0.726. The SMILES string of the molecule is CN(CCCN1CCC(C=O)CC1)C(=O)OC(C)(C)C. The molecule has 0 aromatic rings. The Hall–Kier alpha value is -1.10. The molecule has 0 aromatic heterocycles. The van der Waals surface area contributed by atoms with Crippen LogP contribution in [-0.4, -0.2) is 61.0 Å². The molecule has 1 heterocycles. The number of nitrogens with zero attached hydrogens (tertiary/aromatic N) is 2. The Morgan fingerprint density at radius 2 is 1.95 bits per heavy atom. The summed E-state index contributed by atoms with van der Waals surface area (Å²) in [4.78, 5) is 26.4. The average Bonchev–Trinajstić information content (AvgIpc) is 2.37. The number of carbonyl (C=O) groups is 2. The summed E-state index contributed by atoms with van der Waals surface area (Å²) in [6, 6.07) is 0. The zero-order valence-electron chi connectivity index (χ0n) is 13.2. The Kier molecular flexibility index (Phi) is 6.46. The van der Waals surface area contributed by atoms with Crippen molar-refractivity contribution in [2.75, 3.05) is 33.2 Å². The predicted octanol–water partition coefficient (Wildman–Crippen LogP) is 2.15. The molecule has 20 heavy (non-hydrogen) atoms. The van der Waals surface area contributed by atoms with Crippen molar-refractivity contribution in [3.63, 3.8) is 0 Å². The molecule has 1 fully saturated rings. The van der Waals surface area contributed by atoms with Crippen molar-refractivity contribution in [1.82, 2.24) is 9.80 Å². The van der Waals surface area contributed by atoms with Gasteiger partial charge in [0.1, 0.15) is 11.9 Å². The van der Waals surface area contributed by atoms with Crippen LogP contribution in [-0.2, 0) is 9.53 Å². The highest BCUT2D eigenvalue weighted by atomic mass is 16.6. The van der Waals surface area contributed by atoms with Crippen LogP contribution < -0.4 is 0 Å². The minimum absolute atomic E-state index is 0.246. The Bertz CT molecular complexity index is 318. The second-order valence-corrected chi connectivity index (χ2v) is 6.57. The van der Waals surface area contributed by atoms with Gasteiger partial charge in [-0.05, 0) is 59.7 Å². The zero-order chi connectivity index (χ0) is 15.2. The molecule has 5 nitrogen and oxygen atoms in total. The van der Waals surface area contributed by atoms with E-state index in [1.807, 2.05) is 20.8 Å². The lowest BCUT2D eigenvalue weighted by atomic mass is 9.98. The summed E-state index contributed by atoms with van der Waals surface area (Å²) in [7, 11) is 1.77. The topological polar surface area (TPSA) is 49.9 Å². The first-order chi connectivity index (χ1) is 9.31. The molecule has 0 bridgehead atoms. The second kappa shape index (κ2) is 7.62. The Morgan fingerprint density at radius 1 is 1.35 bits per heavy atom. The highest BCUT2D eigenvalue weighted by Crippen LogP contribution is 2.15. The van der Waals surface area contributed by atoms with Crippen molar-refractivity contribution < 1.29 is 14.3 Å². The molecule has 0 spiro atoms. The molecule has 116 valence electrons. The van der Waals surface area contributed by atoms with Gasteiger partial charge in [-0.15, -0.1) is 0 Å². The van der Waals surface area contributed by atoms with Crippen LogP contribution in [0.25, 0.3) is 0 Å². The van der Waals surface area contributed by atoms with Gasteiger partial charge in [-0.3, -0.25) is 0 Å². The van der Waals surface area contributed by atoms with Gasteiger partial charge in [0.25, 0.3) is 0 Å². The molecular formula is C15H28N2O3. The highest BCUT2D eigenvalue weighted by Gasteiger charge is 2.20. The van der Waals surface area contributed by atoms with E-state index >= 15 is 0 Å². The number of piperidine rings is 1. The molecule has 1 aliphatic heterocycles. The van der Waals surface area contributed by atoms with E-state index in [4.69, 9.17) is 4.74 Å². The van der Waals surface area contributed by atoms with Crippen LogP contribution in [0.5, 0.6) is 0 Å². The van der Waals surface area contributed by atoms with Crippen LogP contribution >= 0.6 is 0 Å². The third-order valence-corrected chi connectivity index (χ3v) is 3.50. The van der Waals surface area contributed by atoms with Crippen molar-refractivity contribution in [2.45, 2.75) is 45.6 Å². The molecule has 0 radical (unpaired) electrons. The standard InChI is InChI=1S/C15H28N2O3/c1-15(2,3)20-14(19)16(4)8-5-9-17-10-6-13(12-18)7-11-17/h12-13H,5-11H2,1-4H3. The zero-order valence-corrected chi connectivity index (χ0v) is 13.2. The molecule has 0 unspecified atom stereocenters. The summed E-state index contributed by atoms with van der Waals surface area (Å²) in [5.41, 5.74) is -0.442. The first kappa shape index (κ1) is 17.0. The van der Waals surface area contributed by atoms with E-state index in [-0.39, 0.29) is 12.0 Å². The monoisotopic (exact) mass is 284 g/mol. The Morgan fingerprint density at radius 3 is 2.45 bits per heavy atom. The summed E-state index contributed by atoms with van der Waals surface area (Å²) in [6.07, 6.45) is 3.67. The molecule has 0 saturated carbocycles. The van der Waals surface area contributed by atoms with Gasteiger partial charge in [0.15, 0.2) is 0 Å². The average molecular weight is 284 g/mol. The van der Waals surface area contributed by atoms with Crippen molar-refractivity contribution in [3.05, 3.63) is 0 Å². The van der Waals surface area contributed by atoms with Crippen LogP contribution in [0.4, 0.5) is 4.79 Å². The number of hydrogen-bond acceptors (Lipinski definition) is 4. The molecule has 0 N–H and O–H groups in total. The number of carbonyl (C=O) groups excluding carboxylic acids is 2. The van der Waals surface area contributed by atoms with Gasteiger partial charge in [0, 0.05) is 19.5 Å². The number of hydrogen-bond donors (Lipinski definition) is 0. The fraction of sp³-hybridized carbons (Fsp3) is 0.867. The van der Waals surface area contributed by atoms with Crippen molar-refractivity contribution in [3.8, 4) is 0 Å². The van der Waals surface area contributed by atoms with Gasteiger partial charge in [0.05, 0.1) is 0 Å². The fourth-order valence-electron chi connectivity index (χ4n) is 2.28. The summed E-state index contributed by atoms with van der Waals surface area (Å²) in [5, 5.41) is 0. The lowest BCUT2D eigenvalue weighted by molar-refractivity contribution is -0.112. The summed E-state index contributed by atoms with van der Waals surface area (Å²) < 4.78 is 5.31. The first-order valence-corrected chi connectivity index (χ1v) is 7.43. The lowest BCUT2D eigenvalue weighted by Crippen LogP contribution is -2.38. The maximum absolute atomic E-state index is 11.8. The molecule has 1 rings (SSSR count). The lowest BCUT2D eigenvalue weighted by Gasteiger charge is -2.30. The summed E-state index contributed by atoms with van der Waals surface area (Å²) in [6.45, 7) is 9.25. The maximum atomic E-state index is 11.8. The number of likely N-dealkylation sites (tertiary alicyclic amines) is 1. The first-order valence-electron chi connectivity index (χ1n) is 7.43. The molecule has 0 aromatic carbocycles. The van der Waals surface area contributed by atoms with E-state index in [0.29, 0.717) is 6.54 Å². The fourth-order valence-corrected chi connectivity index (χ4v) is 2.28. The third-order valence-electron chi connectivity index (χ3n) is 3.50. The van der Waals surface area contributed by atoms with Gasteiger partial charge in [-0.1, -0.05) is 0 Å². The van der Waals surface area contributed by atoms with E-state index in [9.17, 15) is 9.59 Å². The van der Waals surface area contributed by atoms with E-state index in [2.05, 4.69) is 4.90 Å². The summed E-state index contributed by atoms with van der Waals surface area (Å²) in [5.74, 6) is 0.246. The number of amides is 1. The molecule has 0 atom stereocenters. The molecule has 1 saturated heterocycles. The van der Waals surface area contributed by atoms with Crippen LogP contribution in [0, 0.1) is 5.92 Å². The normalized spacial score (nSPS) is 17.8. The molecule has 0 aliphatic carbocycles.